The summed E-state index contributed by atoms with van der Waals surface area (Å²) in [6, 6.07) is 26.0. The molecule has 0 radical (unpaired) electrons. The minimum Gasteiger partial charge on any atom is -0.493 e. The Labute approximate surface area is 284 Å². The molecule has 0 heterocycles. The predicted molar refractivity (Wildman–Crippen MR) is 189 cm³/mol. The Bertz CT molecular complexity index is 1810. The first-order valence-electron chi connectivity index (χ1n) is 16.0. The Kier molecular flexibility index (Phi) is 12.2. The molecule has 0 bridgehead atoms. The van der Waals surface area contributed by atoms with Gasteiger partial charge in [-0.15, -0.1) is 0 Å². The van der Waals surface area contributed by atoms with E-state index in [-0.39, 0.29) is 29.5 Å². The molecule has 9 nitrogen and oxygen atoms in total. The second-order valence-electron chi connectivity index (χ2n) is 11.8. The van der Waals surface area contributed by atoms with Crippen LogP contribution in [0.2, 0.25) is 0 Å². The van der Waals surface area contributed by atoms with Crippen molar-refractivity contribution in [2.45, 2.75) is 58.0 Å². The van der Waals surface area contributed by atoms with Gasteiger partial charge in [0.05, 0.1) is 24.8 Å². The molecule has 0 aromatic heterocycles. The van der Waals surface area contributed by atoms with Crippen molar-refractivity contribution in [3.8, 4) is 11.5 Å². The molecular formula is C38H45N3O6S. The van der Waals surface area contributed by atoms with Gasteiger partial charge in [0.25, 0.3) is 10.0 Å². The van der Waals surface area contributed by atoms with Crippen LogP contribution in [0.25, 0.3) is 0 Å². The minimum absolute atomic E-state index is 0.0703. The number of methoxy groups -OCH3 is 2. The molecule has 0 aliphatic rings. The standard InChI is InChI=1S/C38H45N3O6S/c1-7-19-39-38(43)34(23-30-14-9-8-10-15-30)40(25-31-16-12-11-13-29(31)4)37(42)26-41(32-21-27(2)20-28(3)22-32)48(44,45)33-17-18-35(46-5)36(24-33)47-6/h8-18,20-22,24,34H,7,19,23,25-26H2,1-6H3,(H,39,43). The van der Waals surface area contributed by atoms with Gasteiger partial charge < -0.3 is 19.7 Å². The summed E-state index contributed by atoms with van der Waals surface area (Å²) in [5, 5.41) is 2.98. The number of anilines is 1. The maximum absolute atomic E-state index is 14.7. The van der Waals surface area contributed by atoms with Gasteiger partial charge in [0.2, 0.25) is 11.8 Å². The number of sulfonamides is 1. The first-order chi connectivity index (χ1) is 23.0. The number of amides is 2. The van der Waals surface area contributed by atoms with E-state index in [2.05, 4.69) is 5.32 Å². The van der Waals surface area contributed by atoms with Crippen LogP contribution in [0.4, 0.5) is 5.69 Å². The zero-order valence-corrected chi connectivity index (χ0v) is 29.3. The van der Waals surface area contributed by atoms with E-state index in [1.807, 2.05) is 88.4 Å². The van der Waals surface area contributed by atoms with Gasteiger partial charge in [0, 0.05) is 25.6 Å². The first kappa shape index (κ1) is 36.0. The number of aryl methyl sites for hydroxylation is 3. The number of carbonyl (C=O) groups is 2. The van der Waals surface area contributed by atoms with E-state index in [4.69, 9.17) is 9.47 Å². The fourth-order valence-corrected chi connectivity index (χ4v) is 7.03. The smallest absolute Gasteiger partial charge is 0.264 e. The van der Waals surface area contributed by atoms with Crippen molar-refractivity contribution < 1.29 is 27.5 Å². The first-order valence-corrected chi connectivity index (χ1v) is 17.4. The molecule has 0 spiro atoms. The van der Waals surface area contributed by atoms with Crippen molar-refractivity contribution in [2.24, 2.45) is 0 Å². The fraction of sp³-hybridized carbons (Fsp3) is 0.316. The van der Waals surface area contributed by atoms with Crippen molar-refractivity contribution in [1.82, 2.24) is 10.2 Å². The van der Waals surface area contributed by atoms with Gasteiger partial charge >= 0.3 is 0 Å². The molecule has 254 valence electrons. The second-order valence-corrected chi connectivity index (χ2v) is 13.7. The number of benzene rings is 4. The third-order valence-electron chi connectivity index (χ3n) is 8.14. The van der Waals surface area contributed by atoms with Crippen LogP contribution >= 0.6 is 0 Å². The summed E-state index contributed by atoms with van der Waals surface area (Å²) in [6.45, 7) is 7.67. The monoisotopic (exact) mass is 671 g/mol. The third kappa shape index (κ3) is 8.74. The van der Waals surface area contributed by atoms with Gasteiger partial charge in [-0.1, -0.05) is 67.6 Å². The van der Waals surface area contributed by atoms with Crippen LogP contribution in [0.15, 0.2) is 95.9 Å². The highest BCUT2D eigenvalue weighted by atomic mass is 32.2. The van der Waals surface area contributed by atoms with Gasteiger partial charge in [0.1, 0.15) is 12.6 Å². The van der Waals surface area contributed by atoms with E-state index in [0.717, 1.165) is 38.5 Å². The molecule has 1 unspecified atom stereocenters. The maximum atomic E-state index is 14.7. The molecule has 0 aliphatic carbocycles. The molecule has 4 rings (SSSR count). The number of hydrogen-bond acceptors (Lipinski definition) is 6. The predicted octanol–water partition coefficient (Wildman–Crippen LogP) is 5.99. The van der Waals surface area contributed by atoms with Gasteiger partial charge in [-0.05, 0) is 79.3 Å². The van der Waals surface area contributed by atoms with Gasteiger partial charge in [-0.3, -0.25) is 13.9 Å². The molecule has 0 saturated heterocycles. The molecule has 10 heteroatoms. The van der Waals surface area contributed by atoms with Crippen molar-refractivity contribution >= 4 is 27.5 Å². The normalized spacial score (nSPS) is 11.8. The van der Waals surface area contributed by atoms with E-state index in [1.165, 1.54) is 37.3 Å². The van der Waals surface area contributed by atoms with E-state index < -0.39 is 28.5 Å². The topological polar surface area (TPSA) is 105 Å². The summed E-state index contributed by atoms with van der Waals surface area (Å²) in [4.78, 5) is 30.0. The number of rotatable bonds is 15. The van der Waals surface area contributed by atoms with E-state index >= 15 is 0 Å². The lowest BCUT2D eigenvalue weighted by Gasteiger charge is -2.34. The lowest BCUT2D eigenvalue weighted by Crippen LogP contribution is -2.53. The Hall–Kier alpha value is -4.83. The zero-order valence-electron chi connectivity index (χ0n) is 28.5. The second kappa shape index (κ2) is 16.3. The highest BCUT2D eigenvalue weighted by Gasteiger charge is 2.35. The van der Waals surface area contributed by atoms with Crippen molar-refractivity contribution in [3.05, 3.63) is 119 Å². The van der Waals surface area contributed by atoms with Crippen molar-refractivity contribution in [2.75, 3.05) is 31.6 Å². The van der Waals surface area contributed by atoms with Crippen LogP contribution in [-0.2, 0) is 32.6 Å². The van der Waals surface area contributed by atoms with Gasteiger partial charge in [0.15, 0.2) is 11.5 Å². The number of ether oxygens (including phenoxy) is 2. The number of nitrogens with one attached hydrogen (secondary N) is 1. The summed E-state index contributed by atoms with van der Waals surface area (Å²) in [5.74, 6) is -0.212. The van der Waals surface area contributed by atoms with E-state index in [9.17, 15) is 18.0 Å². The Balaban J connectivity index is 1.85. The lowest BCUT2D eigenvalue weighted by molar-refractivity contribution is -0.140. The third-order valence-corrected chi connectivity index (χ3v) is 9.91. The number of hydrogen-bond donors (Lipinski definition) is 1. The van der Waals surface area contributed by atoms with Crippen LogP contribution in [0.1, 0.15) is 41.2 Å². The lowest BCUT2D eigenvalue weighted by atomic mass is 10.0. The Morgan fingerprint density at radius 3 is 2.08 bits per heavy atom. The molecule has 1 atom stereocenters. The minimum atomic E-state index is -4.32. The molecule has 2 amide bonds. The van der Waals surface area contributed by atoms with Crippen LogP contribution in [0, 0.1) is 20.8 Å². The van der Waals surface area contributed by atoms with Crippen LogP contribution in [-0.4, -0.2) is 58.5 Å². The summed E-state index contributed by atoms with van der Waals surface area (Å²) in [5.41, 5.74) is 4.69. The number of carbonyl (C=O) groups excluding carboxylic acids is 2. The molecule has 0 saturated carbocycles. The zero-order chi connectivity index (χ0) is 34.8. The number of nitrogens with zero attached hydrogens (tertiary/aromatic N) is 2. The molecule has 0 fully saturated rings. The SMILES string of the molecule is CCCNC(=O)C(Cc1ccccc1)N(Cc1ccccc1C)C(=O)CN(c1cc(C)cc(C)c1)S(=O)(=O)c1ccc(OC)c(OC)c1. The molecule has 0 aliphatic heterocycles. The molecule has 48 heavy (non-hydrogen) atoms. The summed E-state index contributed by atoms with van der Waals surface area (Å²) in [7, 11) is -1.42. The average Bonchev–Trinajstić information content (AvgIpc) is 3.07. The average molecular weight is 672 g/mol. The molecule has 1 N–H and O–H groups in total. The maximum Gasteiger partial charge on any atom is 0.264 e. The van der Waals surface area contributed by atoms with E-state index in [0.29, 0.717) is 18.0 Å². The van der Waals surface area contributed by atoms with E-state index in [1.54, 1.807) is 12.1 Å². The van der Waals surface area contributed by atoms with Crippen LogP contribution in [0.5, 0.6) is 11.5 Å². The van der Waals surface area contributed by atoms with Crippen LogP contribution in [0.3, 0.4) is 0 Å². The fourth-order valence-electron chi connectivity index (χ4n) is 5.62. The Morgan fingerprint density at radius 1 is 0.812 bits per heavy atom. The van der Waals surface area contributed by atoms with Gasteiger partial charge in [-0.25, -0.2) is 8.42 Å². The molecule has 4 aromatic rings. The molecule has 4 aromatic carbocycles. The van der Waals surface area contributed by atoms with Crippen molar-refractivity contribution in [3.63, 3.8) is 0 Å². The quantitative estimate of drug-likeness (QED) is 0.167. The highest BCUT2D eigenvalue weighted by molar-refractivity contribution is 7.92. The van der Waals surface area contributed by atoms with Gasteiger partial charge in [-0.2, -0.15) is 0 Å². The summed E-state index contributed by atoms with van der Waals surface area (Å²) in [6.07, 6.45) is 0.972. The molecular weight excluding hydrogens is 627 g/mol. The van der Waals surface area contributed by atoms with Crippen LogP contribution < -0.4 is 19.1 Å². The van der Waals surface area contributed by atoms with Crippen molar-refractivity contribution in [1.29, 1.82) is 0 Å². The largest absolute Gasteiger partial charge is 0.493 e. The summed E-state index contributed by atoms with van der Waals surface area (Å²) >= 11 is 0. The highest BCUT2D eigenvalue weighted by Crippen LogP contribution is 2.33. The summed E-state index contributed by atoms with van der Waals surface area (Å²) < 4.78 is 40.9. The Morgan fingerprint density at radius 2 is 1.46 bits per heavy atom.